The van der Waals surface area contributed by atoms with E-state index in [2.05, 4.69) is 89.9 Å². The third-order valence-corrected chi connectivity index (χ3v) is 11.4. The van der Waals surface area contributed by atoms with Crippen molar-refractivity contribution in [3.8, 4) is 0 Å². The van der Waals surface area contributed by atoms with E-state index in [1.807, 2.05) is 51.1 Å². The number of fused-ring (bicyclic) bond motifs is 1. The van der Waals surface area contributed by atoms with E-state index in [9.17, 15) is 9.59 Å². The van der Waals surface area contributed by atoms with Gasteiger partial charge in [0.05, 0.1) is 36.2 Å². The fraction of sp³-hybridized carbons (Fsp3) is 0.444. The molecule has 0 radical (unpaired) electrons. The van der Waals surface area contributed by atoms with Crippen molar-refractivity contribution in [1.29, 1.82) is 0 Å². The molecule has 2 aromatic heterocycles. The monoisotopic (exact) mass is 803 g/mol. The molecule has 0 aliphatic carbocycles. The van der Waals surface area contributed by atoms with Crippen LogP contribution in [0.15, 0.2) is 96.6 Å². The number of nitrogens with zero attached hydrogens (tertiary/aromatic N) is 8. The van der Waals surface area contributed by atoms with Crippen molar-refractivity contribution in [1.82, 2.24) is 40.3 Å². The molecule has 2 amide bonds. The Labute approximate surface area is 349 Å². The summed E-state index contributed by atoms with van der Waals surface area (Å²) in [7, 11) is 2.04. The molecule has 4 aliphatic heterocycles. The number of rotatable bonds is 15. The summed E-state index contributed by atoms with van der Waals surface area (Å²) in [5.74, 6) is 1.52. The lowest BCUT2D eigenvalue weighted by molar-refractivity contribution is -0.132. The van der Waals surface area contributed by atoms with Gasteiger partial charge in [-0.25, -0.2) is 9.97 Å². The van der Waals surface area contributed by atoms with Gasteiger partial charge in [-0.2, -0.15) is 0 Å². The van der Waals surface area contributed by atoms with Gasteiger partial charge in [-0.15, -0.1) is 0 Å². The van der Waals surface area contributed by atoms with Crippen LogP contribution >= 0.6 is 0 Å². The Balaban J connectivity index is 0.00000288. The molecule has 0 saturated carbocycles. The Bertz CT molecular complexity index is 2020. The van der Waals surface area contributed by atoms with Crippen molar-refractivity contribution in [3.63, 3.8) is 0 Å². The first kappa shape index (κ1) is 42.7. The summed E-state index contributed by atoms with van der Waals surface area (Å²) in [5.41, 5.74) is 9.97. The highest BCUT2D eigenvalue weighted by Gasteiger charge is 2.34. The Morgan fingerprint density at radius 3 is 2.54 bits per heavy atom. The number of allylic oxidation sites excluding steroid dienone is 3. The van der Waals surface area contributed by atoms with Crippen LogP contribution in [0.3, 0.4) is 0 Å². The molecule has 0 bridgehead atoms. The molecule has 0 unspecified atom stereocenters. The maximum Gasteiger partial charge on any atom is 0.227 e. The van der Waals surface area contributed by atoms with Crippen molar-refractivity contribution >= 4 is 35.3 Å². The summed E-state index contributed by atoms with van der Waals surface area (Å²) in [4.78, 5) is 49.4. The van der Waals surface area contributed by atoms with E-state index in [-0.39, 0.29) is 5.91 Å². The molecule has 1 aromatic carbocycles. The normalized spacial score (nSPS) is 17.2. The Kier molecular flexibility index (Phi) is 14.6. The van der Waals surface area contributed by atoms with Crippen LogP contribution in [0.5, 0.6) is 0 Å². The van der Waals surface area contributed by atoms with E-state index in [1.165, 1.54) is 5.69 Å². The highest BCUT2D eigenvalue weighted by atomic mass is 16.5. The number of pyridine rings is 1. The lowest BCUT2D eigenvalue weighted by atomic mass is 10.0. The molecule has 0 spiro atoms. The zero-order valence-corrected chi connectivity index (χ0v) is 35.5. The van der Waals surface area contributed by atoms with E-state index in [0.717, 1.165) is 116 Å². The predicted octanol–water partition coefficient (Wildman–Crippen LogP) is 4.97. The molecular weight excluding hydrogens is 743 g/mol. The van der Waals surface area contributed by atoms with Crippen LogP contribution in [0.4, 0.5) is 23.0 Å². The topological polar surface area (TPSA) is 134 Å². The maximum absolute atomic E-state index is 13.4. The lowest BCUT2D eigenvalue weighted by Gasteiger charge is -2.49. The van der Waals surface area contributed by atoms with Crippen LogP contribution in [-0.4, -0.2) is 121 Å². The molecule has 2 saturated heterocycles. The fourth-order valence-corrected chi connectivity index (χ4v) is 8.00. The third kappa shape index (κ3) is 10.6. The van der Waals surface area contributed by atoms with Gasteiger partial charge in [-0.3, -0.25) is 19.5 Å². The molecule has 3 aromatic rings. The SMILES string of the molecule is C=C/C(=C(/C)C1=C(C)OCCN1)N1CCc2cnc(Nc3cncc(CC(=O)N4CCN(C5CN(c6ccc(N(C)CCC(=C)NC=O)cc6)C5)CC4)c3)nc2C1.CC. The van der Waals surface area contributed by atoms with Crippen molar-refractivity contribution in [3.05, 3.63) is 113 Å². The molecule has 4 aliphatic rings. The number of ether oxygens (including phenoxy) is 1. The van der Waals surface area contributed by atoms with E-state index in [4.69, 9.17) is 9.72 Å². The molecule has 314 valence electrons. The Morgan fingerprint density at radius 2 is 1.83 bits per heavy atom. The van der Waals surface area contributed by atoms with Crippen LogP contribution in [-0.2, 0) is 33.7 Å². The lowest BCUT2D eigenvalue weighted by Crippen LogP contribution is -2.63. The maximum atomic E-state index is 13.4. The van der Waals surface area contributed by atoms with Crippen LogP contribution in [0, 0.1) is 0 Å². The molecule has 7 rings (SSSR count). The quantitative estimate of drug-likeness (QED) is 0.142. The first-order chi connectivity index (χ1) is 28.7. The predicted molar refractivity (Wildman–Crippen MR) is 235 cm³/mol. The van der Waals surface area contributed by atoms with Crippen molar-refractivity contribution in [2.75, 3.05) is 87.7 Å². The number of aromatic nitrogens is 3. The summed E-state index contributed by atoms with van der Waals surface area (Å²) < 4.78 is 5.80. The zero-order valence-electron chi connectivity index (χ0n) is 35.5. The average Bonchev–Trinajstić information content (AvgIpc) is 3.24. The van der Waals surface area contributed by atoms with Crippen LogP contribution in [0.2, 0.25) is 0 Å². The van der Waals surface area contributed by atoms with Crippen LogP contribution in [0.1, 0.15) is 50.9 Å². The second-order valence-corrected chi connectivity index (χ2v) is 15.2. The van der Waals surface area contributed by atoms with Gasteiger partial charge in [-0.05, 0) is 73.4 Å². The highest BCUT2D eigenvalue weighted by Crippen LogP contribution is 2.29. The fourth-order valence-electron chi connectivity index (χ4n) is 8.00. The summed E-state index contributed by atoms with van der Waals surface area (Å²) in [6.07, 6.45) is 9.82. The van der Waals surface area contributed by atoms with Gasteiger partial charge in [0, 0.05) is 114 Å². The second-order valence-electron chi connectivity index (χ2n) is 15.2. The third-order valence-electron chi connectivity index (χ3n) is 11.4. The molecule has 2 fully saturated rings. The van der Waals surface area contributed by atoms with Gasteiger partial charge < -0.3 is 40.3 Å². The van der Waals surface area contributed by atoms with Gasteiger partial charge in [0.2, 0.25) is 18.3 Å². The molecule has 59 heavy (non-hydrogen) atoms. The van der Waals surface area contributed by atoms with E-state index < -0.39 is 0 Å². The van der Waals surface area contributed by atoms with E-state index in [0.29, 0.717) is 50.1 Å². The minimum atomic E-state index is 0.116. The number of anilines is 4. The van der Waals surface area contributed by atoms with Gasteiger partial charge in [0.15, 0.2) is 0 Å². The van der Waals surface area contributed by atoms with E-state index >= 15 is 0 Å². The summed E-state index contributed by atoms with van der Waals surface area (Å²) in [6, 6.07) is 11.1. The molecule has 6 heterocycles. The first-order valence-corrected chi connectivity index (χ1v) is 20.9. The number of amides is 2. The zero-order chi connectivity index (χ0) is 41.9. The highest BCUT2D eigenvalue weighted by molar-refractivity contribution is 5.79. The van der Waals surface area contributed by atoms with Crippen LogP contribution < -0.4 is 25.8 Å². The number of carbonyl (C=O) groups excluding carboxylic acids is 2. The smallest absolute Gasteiger partial charge is 0.227 e. The molecule has 14 nitrogen and oxygen atoms in total. The molecule has 3 N–H and O–H groups in total. The van der Waals surface area contributed by atoms with Gasteiger partial charge in [-0.1, -0.05) is 27.0 Å². The number of piperazine rings is 1. The first-order valence-electron chi connectivity index (χ1n) is 20.9. The minimum absolute atomic E-state index is 0.116. The Morgan fingerprint density at radius 1 is 1.07 bits per heavy atom. The molecule has 14 heteroatoms. The van der Waals surface area contributed by atoms with Crippen LogP contribution in [0.25, 0.3) is 0 Å². The summed E-state index contributed by atoms with van der Waals surface area (Å²) >= 11 is 0. The van der Waals surface area contributed by atoms with Crippen molar-refractivity contribution in [2.24, 2.45) is 0 Å². The van der Waals surface area contributed by atoms with Crippen molar-refractivity contribution in [2.45, 2.75) is 59.5 Å². The number of hydrogen-bond acceptors (Lipinski definition) is 12. The summed E-state index contributed by atoms with van der Waals surface area (Å²) in [6.45, 7) is 25.0. The molecular formula is C45H61N11O3. The number of carbonyl (C=O) groups is 2. The number of hydrogen-bond donors (Lipinski definition) is 3. The van der Waals surface area contributed by atoms with Gasteiger partial charge >= 0.3 is 0 Å². The van der Waals surface area contributed by atoms with E-state index in [1.54, 1.807) is 12.4 Å². The summed E-state index contributed by atoms with van der Waals surface area (Å²) in [5, 5.41) is 9.43. The van der Waals surface area contributed by atoms with Gasteiger partial charge in [0.25, 0.3) is 0 Å². The standard InChI is InChI=1S/C43H55N11O3.C2H6/c1-6-40(31(3)42-32(4)57-20-13-45-42)53-15-12-34-24-46-43(49-39(34)28-53)48-35-21-33(23-44-25-35)22-41(56)52-18-16-51(17-19-52)38-26-54(27-38)37-9-7-36(8-10-37)50(5)14-11-30(2)47-29-55;1-2/h6-10,21,23-25,29,38,45H,1-2,11-20,22,26-28H2,3-5H3,(H,47,55)(H,46,48,49);1-2H3/b40-31+;. The largest absolute Gasteiger partial charge is 0.494 e. The van der Waals surface area contributed by atoms with Crippen molar-refractivity contribution < 1.29 is 14.3 Å². The number of nitrogens with one attached hydrogen (secondary N) is 3. The van der Waals surface area contributed by atoms with Gasteiger partial charge in [0.1, 0.15) is 12.4 Å². The minimum Gasteiger partial charge on any atom is -0.494 e. The second kappa shape index (κ2) is 20.2. The Hall–Kier alpha value is -5.89. The average molecular weight is 804 g/mol. The number of benzene rings is 1. The molecule has 0 atom stereocenters.